The smallest absolute Gasteiger partial charge is 0.223 e. The Morgan fingerprint density at radius 1 is 1.35 bits per heavy atom. The van der Waals surface area contributed by atoms with E-state index in [0.717, 1.165) is 17.7 Å². The molecule has 1 aromatic heterocycles. The summed E-state index contributed by atoms with van der Waals surface area (Å²) >= 11 is 1.76. The summed E-state index contributed by atoms with van der Waals surface area (Å²) in [7, 11) is 1.60. The van der Waals surface area contributed by atoms with E-state index in [1.165, 1.54) is 9.75 Å². The van der Waals surface area contributed by atoms with E-state index in [-0.39, 0.29) is 18.4 Å². The maximum atomic E-state index is 12.2. The van der Waals surface area contributed by atoms with Gasteiger partial charge < -0.3 is 15.2 Å². The number of hydrogen-bond donors (Lipinski definition) is 2. The number of aliphatic hydroxyl groups excluding tert-OH is 1. The molecule has 0 bridgehead atoms. The SMILES string of the molecule is COc1ccc(C(O)CNC(=O)C2CC2c2ccc(C)s2)cc1. The average Bonchev–Trinajstić information content (AvgIpc) is 3.26. The van der Waals surface area contributed by atoms with Crippen molar-refractivity contribution >= 4 is 17.2 Å². The first-order valence-electron chi connectivity index (χ1n) is 7.74. The fourth-order valence-electron chi connectivity index (χ4n) is 2.72. The van der Waals surface area contributed by atoms with Gasteiger partial charge in [0.1, 0.15) is 5.75 Å². The molecule has 1 saturated carbocycles. The van der Waals surface area contributed by atoms with Crippen molar-refractivity contribution in [2.24, 2.45) is 5.92 Å². The Kier molecular flexibility index (Phi) is 4.68. The van der Waals surface area contributed by atoms with Gasteiger partial charge in [0.05, 0.1) is 13.2 Å². The van der Waals surface area contributed by atoms with Gasteiger partial charge in [-0.2, -0.15) is 0 Å². The number of aliphatic hydroxyl groups is 1. The van der Waals surface area contributed by atoms with Crippen LogP contribution in [-0.4, -0.2) is 24.7 Å². The third-order valence-electron chi connectivity index (χ3n) is 4.22. The molecule has 1 amide bonds. The van der Waals surface area contributed by atoms with Gasteiger partial charge in [0.2, 0.25) is 5.91 Å². The van der Waals surface area contributed by atoms with Crippen LogP contribution in [0.5, 0.6) is 5.75 Å². The van der Waals surface area contributed by atoms with E-state index in [1.54, 1.807) is 30.6 Å². The molecule has 1 aliphatic rings. The summed E-state index contributed by atoms with van der Waals surface area (Å²) in [6.45, 7) is 2.31. The van der Waals surface area contributed by atoms with Gasteiger partial charge in [-0.3, -0.25) is 4.79 Å². The van der Waals surface area contributed by atoms with Crippen LogP contribution in [0, 0.1) is 12.8 Å². The lowest BCUT2D eigenvalue weighted by Gasteiger charge is -2.12. The van der Waals surface area contributed by atoms with Crippen molar-refractivity contribution in [2.75, 3.05) is 13.7 Å². The molecule has 1 heterocycles. The minimum Gasteiger partial charge on any atom is -0.497 e. The van der Waals surface area contributed by atoms with Crippen LogP contribution in [0.15, 0.2) is 36.4 Å². The number of aryl methyl sites for hydroxylation is 1. The van der Waals surface area contributed by atoms with Gasteiger partial charge in [-0.15, -0.1) is 11.3 Å². The van der Waals surface area contributed by atoms with E-state index in [9.17, 15) is 9.90 Å². The van der Waals surface area contributed by atoms with Crippen LogP contribution in [0.4, 0.5) is 0 Å². The van der Waals surface area contributed by atoms with E-state index >= 15 is 0 Å². The number of ether oxygens (including phenoxy) is 1. The first kappa shape index (κ1) is 16.0. The molecule has 0 radical (unpaired) electrons. The molecule has 0 aliphatic heterocycles. The quantitative estimate of drug-likeness (QED) is 0.855. The molecule has 0 saturated heterocycles. The molecule has 0 spiro atoms. The van der Waals surface area contributed by atoms with E-state index in [0.29, 0.717) is 5.92 Å². The van der Waals surface area contributed by atoms with Gasteiger partial charge in [0.25, 0.3) is 0 Å². The molecule has 2 N–H and O–H groups in total. The molecule has 3 unspecified atom stereocenters. The van der Waals surface area contributed by atoms with E-state index in [4.69, 9.17) is 4.74 Å². The first-order valence-corrected chi connectivity index (χ1v) is 8.56. The molecular formula is C18H21NO3S. The van der Waals surface area contributed by atoms with Gasteiger partial charge in [-0.25, -0.2) is 0 Å². The van der Waals surface area contributed by atoms with Crippen molar-refractivity contribution < 1.29 is 14.6 Å². The van der Waals surface area contributed by atoms with Gasteiger partial charge in [0.15, 0.2) is 0 Å². The summed E-state index contributed by atoms with van der Waals surface area (Å²) in [5, 5.41) is 13.0. The van der Waals surface area contributed by atoms with E-state index in [2.05, 4.69) is 24.4 Å². The van der Waals surface area contributed by atoms with Crippen LogP contribution in [0.3, 0.4) is 0 Å². The van der Waals surface area contributed by atoms with Gasteiger partial charge in [-0.1, -0.05) is 12.1 Å². The minimum atomic E-state index is -0.703. The average molecular weight is 331 g/mol. The molecule has 4 nitrogen and oxygen atoms in total. The Morgan fingerprint density at radius 3 is 2.70 bits per heavy atom. The lowest BCUT2D eigenvalue weighted by molar-refractivity contribution is -0.122. The van der Waals surface area contributed by atoms with Crippen molar-refractivity contribution in [3.05, 3.63) is 51.7 Å². The van der Waals surface area contributed by atoms with Gasteiger partial charge >= 0.3 is 0 Å². The maximum Gasteiger partial charge on any atom is 0.223 e. The van der Waals surface area contributed by atoms with E-state index in [1.807, 2.05) is 12.1 Å². The number of hydrogen-bond acceptors (Lipinski definition) is 4. The zero-order chi connectivity index (χ0) is 16.4. The topological polar surface area (TPSA) is 58.6 Å². The molecule has 122 valence electrons. The largest absolute Gasteiger partial charge is 0.497 e. The highest BCUT2D eigenvalue weighted by Crippen LogP contribution is 2.49. The molecule has 1 aromatic carbocycles. The van der Waals surface area contributed by atoms with Crippen molar-refractivity contribution in [3.63, 3.8) is 0 Å². The second-order valence-electron chi connectivity index (χ2n) is 5.93. The van der Waals surface area contributed by atoms with Crippen LogP contribution in [0.2, 0.25) is 0 Å². The van der Waals surface area contributed by atoms with Crippen LogP contribution in [0.1, 0.15) is 33.8 Å². The highest BCUT2D eigenvalue weighted by molar-refractivity contribution is 7.12. The Hall–Kier alpha value is -1.85. The lowest BCUT2D eigenvalue weighted by atomic mass is 10.1. The summed E-state index contributed by atoms with van der Waals surface area (Å²) in [5.74, 6) is 1.19. The monoisotopic (exact) mass is 331 g/mol. The van der Waals surface area contributed by atoms with Crippen molar-refractivity contribution in [1.82, 2.24) is 5.32 Å². The molecule has 3 rings (SSSR count). The Morgan fingerprint density at radius 2 is 2.09 bits per heavy atom. The maximum absolute atomic E-state index is 12.2. The predicted octanol–water partition coefficient (Wildman–Crippen LogP) is 3.02. The molecule has 23 heavy (non-hydrogen) atoms. The summed E-state index contributed by atoms with van der Waals surface area (Å²) in [4.78, 5) is 14.8. The first-order chi connectivity index (χ1) is 11.1. The van der Waals surface area contributed by atoms with E-state index < -0.39 is 6.10 Å². The second-order valence-corrected chi connectivity index (χ2v) is 7.25. The van der Waals surface area contributed by atoms with Gasteiger partial charge in [0, 0.05) is 28.1 Å². The normalized spacial score (nSPS) is 20.8. The standard InChI is InChI=1S/C18H21NO3S/c1-11-3-8-17(23-11)14-9-15(14)18(21)19-10-16(20)12-4-6-13(22-2)7-5-12/h3-8,14-16,20H,9-10H2,1-2H3,(H,19,21). The van der Waals surface area contributed by atoms with Crippen molar-refractivity contribution in [1.29, 1.82) is 0 Å². The summed E-state index contributed by atoms with van der Waals surface area (Å²) in [6, 6.07) is 11.4. The van der Waals surface area contributed by atoms with Crippen molar-refractivity contribution in [2.45, 2.75) is 25.4 Å². The number of carbonyl (C=O) groups excluding carboxylic acids is 1. The number of nitrogens with one attached hydrogen (secondary N) is 1. The molecular weight excluding hydrogens is 310 g/mol. The summed E-state index contributed by atoms with van der Waals surface area (Å²) in [6.07, 6.45) is 0.204. The van der Waals surface area contributed by atoms with Crippen LogP contribution >= 0.6 is 11.3 Å². The number of amides is 1. The number of rotatable bonds is 6. The molecule has 1 fully saturated rings. The fraction of sp³-hybridized carbons (Fsp3) is 0.389. The third kappa shape index (κ3) is 3.74. The number of methoxy groups -OCH3 is 1. The zero-order valence-electron chi connectivity index (χ0n) is 13.3. The fourth-order valence-corrected chi connectivity index (χ4v) is 3.78. The van der Waals surface area contributed by atoms with Crippen LogP contribution in [0.25, 0.3) is 0 Å². The second kappa shape index (κ2) is 6.72. The van der Waals surface area contributed by atoms with Crippen molar-refractivity contribution in [3.8, 4) is 5.75 Å². The molecule has 2 aromatic rings. The number of carbonyl (C=O) groups is 1. The Labute approximate surface area is 140 Å². The Balaban J connectivity index is 1.49. The zero-order valence-corrected chi connectivity index (χ0v) is 14.1. The minimum absolute atomic E-state index is 0.0358. The molecule has 5 heteroatoms. The highest BCUT2D eigenvalue weighted by Gasteiger charge is 2.44. The summed E-state index contributed by atoms with van der Waals surface area (Å²) < 4.78 is 5.09. The van der Waals surface area contributed by atoms with Crippen LogP contribution in [-0.2, 0) is 4.79 Å². The summed E-state index contributed by atoms with van der Waals surface area (Å²) in [5.41, 5.74) is 0.771. The Bertz CT molecular complexity index is 680. The predicted molar refractivity (Wildman–Crippen MR) is 90.9 cm³/mol. The molecule has 1 aliphatic carbocycles. The molecule has 3 atom stereocenters. The third-order valence-corrected chi connectivity index (χ3v) is 5.36. The van der Waals surface area contributed by atoms with Crippen LogP contribution < -0.4 is 10.1 Å². The number of benzene rings is 1. The van der Waals surface area contributed by atoms with Gasteiger partial charge in [-0.05, 0) is 43.2 Å². The highest BCUT2D eigenvalue weighted by atomic mass is 32.1. The lowest BCUT2D eigenvalue weighted by Crippen LogP contribution is -2.29. The number of thiophene rings is 1.